The van der Waals surface area contributed by atoms with Gasteiger partial charge in [0.25, 0.3) is 0 Å². The quantitative estimate of drug-likeness (QED) is 0.0195. The zero-order valence-corrected chi connectivity index (χ0v) is 50.4. The fraction of sp³-hybridized carbons (Fsp3) is 0.894. The third kappa shape index (κ3) is 59.3. The molecule has 0 N–H and O–H groups in total. The second-order valence-electron chi connectivity index (χ2n) is 23.4. The standard InChI is InChI=1S/C66H125NO8/c1-6-8-10-12-14-16-18-20-22-24-26-27-28-29-30-31-32-33-34-35-36-37-39-41-43-45-47-49-51-53-55-57-64(69)75-62(61-74-66(65(70)71)72-59-58-67(3,4)5)60-73-63(68)56-54-52-50-48-46-44-42-40-38-25-23-21-19-17-15-13-11-9-7-2/h18,20,24,26,62,66H,6-17,19,21-23,25,27-61H2,1-5H3/b20-18-,26-24-. The molecule has 0 fully saturated rings. The topological polar surface area (TPSA) is 111 Å². The van der Waals surface area contributed by atoms with Crippen LogP contribution >= 0.6 is 0 Å². The van der Waals surface area contributed by atoms with Gasteiger partial charge in [-0.25, -0.2) is 0 Å². The lowest BCUT2D eigenvalue weighted by Gasteiger charge is -2.26. The van der Waals surface area contributed by atoms with E-state index >= 15 is 0 Å². The number of nitrogens with zero attached hydrogens (tertiary/aromatic N) is 1. The first kappa shape index (κ1) is 72.8. The molecule has 0 saturated carbocycles. The highest BCUT2D eigenvalue weighted by Crippen LogP contribution is 2.18. The van der Waals surface area contributed by atoms with Gasteiger partial charge in [-0.3, -0.25) is 9.59 Å². The predicted molar refractivity (Wildman–Crippen MR) is 316 cm³/mol. The molecule has 442 valence electrons. The summed E-state index contributed by atoms with van der Waals surface area (Å²) in [5.74, 6) is -2.25. The molecule has 0 rings (SSSR count). The smallest absolute Gasteiger partial charge is 0.306 e. The van der Waals surface area contributed by atoms with E-state index in [0.717, 1.165) is 44.9 Å². The van der Waals surface area contributed by atoms with Crippen molar-refractivity contribution in [2.45, 2.75) is 334 Å². The van der Waals surface area contributed by atoms with Gasteiger partial charge in [0, 0.05) is 12.8 Å². The van der Waals surface area contributed by atoms with Crippen molar-refractivity contribution in [3.05, 3.63) is 24.3 Å². The van der Waals surface area contributed by atoms with E-state index in [2.05, 4.69) is 38.2 Å². The monoisotopic (exact) mass is 1060 g/mol. The molecule has 0 aliphatic carbocycles. The molecule has 2 unspecified atom stereocenters. The molecule has 0 aromatic heterocycles. The van der Waals surface area contributed by atoms with Gasteiger partial charge >= 0.3 is 11.9 Å². The largest absolute Gasteiger partial charge is 0.545 e. The van der Waals surface area contributed by atoms with Crippen LogP contribution in [0.15, 0.2) is 24.3 Å². The molecule has 0 spiro atoms. The number of carboxylic acid groups (broad SMARTS) is 1. The number of hydrogen-bond acceptors (Lipinski definition) is 8. The number of rotatable bonds is 61. The molecule has 0 amide bonds. The molecule has 0 heterocycles. The number of quaternary nitrogens is 1. The number of allylic oxidation sites excluding steroid dienone is 4. The summed E-state index contributed by atoms with van der Waals surface area (Å²) < 4.78 is 22.8. The minimum absolute atomic E-state index is 0.152. The van der Waals surface area contributed by atoms with E-state index < -0.39 is 24.3 Å². The van der Waals surface area contributed by atoms with Gasteiger partial charge in [-0.15, -0.1) is 0 Å². The number of unbranched alkanes of at least 4 members (excludes halogenated alkanes) is 42. The third-order valence-corrected chi connectivity index (χ3v) is 14.7. The summed E-state index contributed by atoms with van der Waals surface area (Å²) in [6.07, 6.45) is 66.7. The van der Waals surface area contributed by atoms with Gasteiger partial charge in [0.05, 0.1) is 40.3 Å². The Morgan fingerprint density at radius 1 is 0.400 bits per heavy atom. The normalized spacial score (nSPS) is 12.8. The van der Waals surface area contributed by atoms with E-state index in [1.54, 1.807) is 0 Å². The van der Waals surface area contributed by atoms with Crippen molar-refractivity contribution in [3.8, 4) is 0 Å². The van der Waals surface area contributed by atoms with Gasteiger partial charge < -0.3 is 33.3 Å². The Balaban J connectivity index is 4.08. The van der Waals surface area contributed by atoms with Crippen LogP contribution in [0.3, 0.4) is 0 Å². The summed E-state index contributed by atoms with van der Waals surface area (Å²) in [4.78, 5) is 37.4. The van der Waals surface area contributed by atoms with Crippen molar-refractivity contribution in [2.75, 3.05) is 47.5 Å². The maximum atomic E-state index is 12.9. The van der Waals surface area contributed by atoms with E-state index in [0.29, 0.717) is 17.4 Å². The SMILES string of the molecule is CCCCCCC/C=C\C/C=C\CCCCCCCCCCCCCCCCCCCCCC(=O)OC(COC(=O)CCCCCCCCCCCCCCCCCCCCC)COC(OCC[N+](C)(C)C)C(=O)[O-]. The number of esters is 2. The average molecular weight is 1060 g/mol. The molecule has 9 nitrogen and oxygen atoms in total. The lowest BCUT2D eigenvalue weighted by molar-refractivity contribution is -0.870. The molecule has 0 aromatic carbocycles. The first-order valence-electron chi connectivity index (χ1n) is 32.5. The van der Waals surface area contributed by atoms with Crippen LogP contribution in [0.4, 0.5) is 0 Å². The van der Waals surface area contributed by atoms with Crippen LogP contribution in [-0.2, 0) is 33.3 Å². The van der Waals surface area contributed by atoms with E-state index in [-0.39, 0.29) is 32.2 Å². The van der Waals surface area contributed by atoms with Gasteiger partial charge in [0.15, 0.2) is 12.4 Å². The Labute approximate surface area is 465 Å². The number of carbonyl (C=O) groups is 3. The van der Waals surface area contributed by atoms with E-state index in [1.807, 2.05) is 21.1 Å². The summed E-state index contributed by atoms with van der Waals surface area (Å²) >= 11 is 0. The Hall–Kier alpha value is -2.23. The van der Waals surface area contributed by atoms with E-state index in [1.165, 1.54) is 250 Å². The summed E-state index contributed by atoms with van der Waals surface area (Å²) in [6.45, 7) is 4.80. The van der Waals surface area contributed by atoms with Crippen LogP contribution in [0, 0.1) is 0 Å². The Kier molecular flexibility index (Phi) is 56.2. The average Bonchev–Trinajstić information content (AvgIpc) is 3.38. The lowest BCUT2D eigenvalue weighted by atomic mass is 10.0. The van der Waals surface area contributed by atoms with Gasteiger partial charge in [-0.2, -0.15) is 0 Å². The van der Waals surface area contributed by atoms with Crippen molar-refractivity contribution in [2.24, 2.45) is 0 Å². The summed E-state index contributed by atoms with van der Waals surface area (Å²) in [6, 6.07) is 0. The fourth-order valence-electron chi connectivity index (χ4n) is 9.69. The molecule has 0 aromatic rings. The highest BCUT2D eigenvalue weighted by molar-refractivity contribution is 5.70. The molecule has 75 heavy (non-hydrogen) atoms. The number of ether oxygens (including phenoxy) is 4. The molecule has 0 bridgehead atoms. The Morgan fingerprint density at radius 3 is 1.05 bits per heavy atom. The highest BCUT2D eigenvalue weighted by Gasteiger charge is 2.22. The van der Waals surface area contributed by atoms with Crippen LogP contribution < -0.4 is 5.11 Å². The molecule has 0 aliphatic heterocycles. The maximum Gasteiger partial charge on any atom is 0.306 e. The van der Waals surface area contributed by atoms with E-state index in [4.69, 9.17) is 18.9 Å². The number of hydrogen-bond donors (Lipinski definition) is 0. The lowest BCUT2D eigenvalue weighted by Crippen LogP contribution is -2.44. The minimum atomic E-state index is -1.62. The Bertz CT molecular complexity index is 1280. The third-order valence-electron chi connectivity index (χ3n) is 14.7. The molecular weight excluding hydrogens is 935 g/mol. The number of likely N-dealkylation sites (N-methyl/N-ethyl adjacent to an activating group) is 1. The van der Waals surface area contributed by atoms with Crippen LogP contribution in [0.2, 0.25) is 0 Å². The zero-order chi connectivity index (χ0) is 54.8. The second kappa shape index (κ2) is 57.9. The number of carboxylic acids is 1. The molecule has 0 radical (unpaired) electrons. The van der Waals surface area contributed by atoms with Gasteiger partial charge in [-0.1, -0.05) is 289 Å². The highest BCUT2D eigenvalue weighted by atomic mass is 16.7. The molecule has 0 saturated heterocycles. The van der Waals surface area contributed by atoms with Crippen LogP contribution in [-0.4, -0.2) is 82.3 Å². The molecule has 9 heteroatoms. The van der Waals surface area contributed by atoms with Gasteiger partial charge in [-0.05, 0) is 44.9 Å². The van der Waals surface area contributed by atoms with Crippen molar-refractivity contribution >= 4 is 17.9 Å². The number of aliphatic carboxylic acids is 1. The van der Waals surface area contributed by atoms with Crippen LogP contribution in [0.1, 0.15) is 322 Å². The van der Waals surface area contributed by atoms with Crippen LogP contribution in [0.25, 0.3) is 0 Å². The predicted octanol–water partition coefficient (Wildman–Crippen LogP) is 18.1. The molecular formula is C66H125NO8. The summed E-state index contributed by atoms with van der Waals surface area (Å²) in [5, 5.41) is 11.8. The minimum Gasteiger partial charge on any atom is -0.545 e. The van der Waals surface area contributed by atoms with Gasteiger partial charge in [0.1, 0.15) is 13.2 Å². The summed E-state index contributed by atoms with van der Waals surface area (Å²) in [7, 11) is 5.94. The van der Waals surface area contributed by atoms with Crippen LogP contribution in [0.5, 0.6) is 0 Å². The first-order chi connectivity index (χ1) is 36.6. The second-order valence-corrected chi connectivity index (χ2v) is 23.4. The maximum absolute atomic E-state index is 12.9. The Morgan fingerprint density at radius 2 is 0.720 bits per heavy atom. The zero-order valence-electron chi connectivity index (χ0n) is 50.4. The van der Waals surface area contributed by atoms with Crippen molar-refractivity contribution in [1.29, 1.82) is 0 Å². The number of carbonyl (C=O) groups excluding carboxylic acids is 3. The fourth-order valence-corrected chi connectivity index (χ4v) is 9.69. The first-order valence-corrected chi connectivity index (χ1v) is 32.5. The van der Waals surface area contributed by atoms with Crippen molar-refractivity contribution in [3.63, 3.8) is 0 Å². The van der Waals surface area contributed by atoms with Crippen molar-refractivity contribution in [1.82, 2.24) is 0 Å². The van der Waals surface area contributed by atoms with E-state index in [9.17, 15) is 19.5 Å². The summed E-state index contributed by atoms with van der Waals surface area (Å²) in [5.41, 5.74) is 0. The molecule has 2 atom stereocenters. The molecule has 0 aliphatic rings. The van der Waals surface area contributed by atoms with Crippen molar-refractivity contribution < 1.29 is 42.9 Å². The van der Waals surface area contributed by atoms with Gasteiger partial charge in [0.2, 0.25) is 0 Å².